The second kappa shape index (κ2) is 5.35. The third kappa shape index (κ3) is 2.89. The second-order valence-corrected chi connectivity index (χ2v) is 6.60. The summed E-state index contributed by atoms with van der Waals surface area (Å²) in [4.78, 5) is 14.1. The zero-order chi connectivity index (χ0) is 14.9. The van der Waals surface area contributed by atoms with Crippen LogP contribution in [0.2, 0.25) is 0 Å². The second-order valence-electron chi connectivity index (χ2n) is 6.60. The topological polar surface area (TPSA) is 60.8 Å². The van der Waals surface area contributed by atoms with Gasteiger partial charge in [-0.3, -0.25) is 4.79 Å². The minimum Gasteiger partial charge on any atom is -0.507 e. The van der Waals surface area contributed by atoms with Crippen molar-refractivity contribution in [2.24, 2.45) is 11.3 Å². The van der Waals surface area contributed by atoms with E-state index in [-0.39, 0.29) is 28.4 Å². The van der Waals surface area contributed by atoms with Gasteiger partial charge >= 0.3 is 0 Å². The van der Waals surface area contributed by atoms with E-state index in [0.717, 1.165) is 12.8 Å². The van der Waals surface area contributed by atoms with E-state index in [1.807, 2.05) is 0 Å². The Kier molecular flexibility index (Phi) is 3.93. The zero-order valence-electron chi connectivity index (χ0n) is 12.4. The third-order valence-corrected chi connectivity index (χ3v) is 4.24. The fourth-order valence-electron chi connectivity index (χ4n) is 2.85. The molecule has 1 aromatic rings. The molecule has 4 nitrogen and oxygen atoms in total. The predicted molar refractivity (Wildman–Crippen MR) is 77.9 cm³/mol. The fourth-order valence-corrected chi connectivity index (χ4v) is 2.85. The summed E-state index contributed by atoms with van der Waals surface area (Å²) >= 11 is 0. The molecule has 2 N–H and O–H groups in total. The number of likely N-dealkylation sites (tertiary alicyclic amines) is 1. The number of piperidine rings is 1. The van der Waals surface area contributed by atoms with Crippen LogP contribution in [0.5, 0.6) is 11.5 Å². The van der Waals surface area contributed by atoms with Crippen LogP contribution in [0.3, 0.4) is 0 Å². The first kappa shape index (κ1) is 14.7. The van der Waals surface area contributed by atoms with E-state index in [0.29, 0.717) is 19.0 Å². The van der Waals surface area contributed by atoms with Crippen LogP contribution in [0.15, 0.2) is 18.2 Å². The number of hydrogen-bond donors (Lipinski definition) is 2. The molecule has 1 saturated heterocycles. The number of carbonyl (C=O) groups excluding carboxylic acids is 1. The van der Waals surface area contributed by atoms with Crippen LogP contribution in [-0.4, -0.2) is 34.1 Å². The summed E-state index contributed by atoms with van der Waals surface area (Å²) in [6.45, 7) is 8.03. The summed E-state index contributed by atoms with van der Waals surface area (Å²) in [5, 5.41) is 19.5. The minimum absolute atomic E-state index is 0.0155. The van der Waals surface area contributed by atoms with Gasteiger partial charge in [0.25, 0.3) is 5.91 Å². The van der Waals surface area contributed by atoms with Gasteiger partial charge in [0.05, 0.1) is 0 Å². The lowest BCUT2D eigenvalue weighted by molar-refractivity contribution is 0.0603. The van der Waals surface area contributed by atoms with Crippen LogP contribution in [0.4, 0.5) is 0 Å². The van der Waals surface area contributed by atoms with Gasteiger partial charge in [0.15, 0.2) is 0 Å². The fraction of sp³-hybridized carbons (Fsp3) is 0.562. The monoisotopic (exact) mass is 277 g/mol. The molecule has 0 unspecified atom stereocenters. The number of phenolic OH excluding ortho intramolecular Hbond substituents is 2. The normalized spacial score (nSPS) is 17.2. The molecule has 1 aromatic carbocycles. The maximum Gasteiger partial charge on any atom is 0.261 e. The van der Waals surface area contributed by atoms with E-state index in [9.17, 15) is 15.0 Å². The molecule has 2 rings (SSSR count). The Bertz CT molecular complexity index is 477. The number of benzene rings is 1. The summed E-state index contributed by atoms with van der Waals surface area (Å²) < 4.78 is 0. The maximum absolute atomic E-state index is 12.4. The molecule has 1 aliphatic rings. The van der Waals surface area contributed by atoms with Crippen LogP contribution in [-0.2, 0) is 0 Å². The van der Waals surface area contributed by atoms with Gasteiger partial charge in [-0.05, 0) is 36.3 Å². The molecule has 0 bridgehead atoms. The van der Waals surface area contributed by atoms with Crippen molar-refractivity contribution in [2.75, 3.05) is 13.1 Å². The molecule has 0 radical (unpaired) electrons. The summed E-state index contributed by atoms with van der Waals surface area (Å²) in [6, 6.07) is 4.37. The highest BCUT2D eigenvalue weighted by Crippen LogP contribution is 2.35. The SMILES string of the molecule is CC(C)(C)C1CCN(C(=O)c2c(O)cccc2O)CC1. The van der Waals surface area contributed by atoms with Crippen molar-refractivity contribution < 1.29 is 15.0 Å². The van der Waals surface area contributed by atoms with Crippen LogP contribution in [0, 0.1) is 11.3 Å². The summed E-state index contributed by atoms with van der Waals surface area (Å²) in [5.41, 5.74) is 0.272. The molecule has 0 aliphatic carbocycles. The molecular formula is C16H23NO3. The van der Waals surface area contributed by atoms with Crippen molar-refractivity contribution in [1.82, 2.24) is 4.90 Å². The summed E-state index contributed by atoms with van der Waals surface area (Å²) in [7, 11) is 0. The lowest BCUT2D eigenvalue weighted by Gasteiger charge is -2.38. The Labute approximate surface area is 120 Å². The Morgan fingerprint density at radius 1 is 1.15 bits per heavy atom. The van der Waals surface area contributed by atoms with Crippen molar-refractivity contribution in [3.05, 3.63) is 23.8 Å². The lowest BCUT2D eigenvalue weighted by atomic mass is 9.75. The highest BCUT2D eigenvalue weighted by molar-refractivity contribution is 5.99. The van der Waals surface area contributed by atoms with Crippen LogP contribution >= 0.6 is 0 Å². The molecule has 0 aromatic heterocycles. The third-order valence-electron chi connectivity index (χ3n) is 4.24. The van der Waals surface area contributed by atoms with Crippen molar-refractivity contribution in [3.63, 3.8) is 0 Å². The van der Waals surface area contributed by atoms with Gasteiger partial charge in [-0.1, -0.05) is 26.8 Å². The predicted octanol–water partition coefficient (Wildman–Crippen LogP) is 3.00. The Morgan fingerprint density at radius 2 is 1.65 bits per heavy atom. The molecule has 20 heavy (non-hydrogen) atoms. The number of amides is 1. The first-order chi connectivity index (χ1) is 9.30. The molecule has 1 aliphatic heterocycles. The van der Waals surface area contributed by atoms with E-state index in [4.69, 9.17) is 0 Å². The van der Waals surface area contributed by atoms with E-state index in [1.165, 1.54) is 18.2 Å². The molecule has 0 spiro atoms. The average molecular weight is 277 g/mol. The number of rotatable bonds is 1. The maximum atomic E-state index is 12.4. The van der Waals surface area contributed by atoms with Gasteiger partial charge in [0.2, 0.25) is 0 Å². The molecule has 0 saturated carbocycles. The summed E-state index contributed by atoms with van der Waals surface area (Å²) in [6.07, 6.45) is 1.92. The Hall–Kier alpha value is -1.71. The number of phenols is 2. The van der Waals surface area contributed by atoms with E-state index >= 15 is 0 Å². The highest BCUT2D eigenvalue weighted by atomic mass is 16.3. The lowest BCUT2D eigenvalue weighted by Crippen LogP contribution is -2.41. The average Bonchev–Trinajstić information content (AvgIpc) is 2.37. The molecule has 110 valence electrons. The highest BCUT2D eigenvalue weighted by Gasteiger charge is 2.32. The van der Waals surface area contributed by atoms with Crippen molar-refractivity contribution in [3.8, 4) is 11.5 Å². The summed E-state index contributed by atoms with van der Waals surface area (Å²) in [5.74, 6) is -0.00151. The van der Waals surface area contributed by atoms with Gasteiger partial charge in [0.1, 0.15) is 17.1 Å². The van der Waals surface area contributed by atoms with E-state index in [1.54, 1.807) is 4.90 Å². The van der Waals surface area contributed by atoms with Crippen LogP contribution in [0.1, 0.15) is 44.0 Å². The first-order valence-corrected chi connectivity index (χ1v) is 7.11. The number of carbonyl (C=O) groups is 1. The molecule has 0 atom stereocenters. The minimum atomic E-state index is -0.284. The quantitative estimate of drug-likeness (QED) is 0.829. The smallest absolute Gasteiger partial charge is 0.261 e. The molecule has 1 amide bonds. The van der Waals surface area contributed by atoms with E-state index < -0.39 is 0 Å². The molecule has 4 heteroatoms. The standard InChI is InChI=1S/C16H23NO3/c1-16(2,3)11-7-9-17(10-8-11)15(20)14-12(18)5-4-6-13(14)19/h4-6,11,18-19H,7-10H2,1-3H3. The Morgan fingerprint density at radius 3 is 2.10 bits per heavy atom. The Balaban J connectivity index is 2.09. The first-order valence-electron chi connectivity index (χ1n) is 7.11. The van der Waals surface area contributed by atoms with Crippen LogP contribution in [0.25, 0.3) is 0 Å². The van der Waals surface area contributed by atoms with Gasteiger partial charge in [-0.15, -0.1) is 0 Å². The van der Waals surface area contributed by atoms with E-state index in [2.05, 4.69) is 20.8 Å². The number of nitrogens with zero attached hydrogens (tertiary/aromatic N) is 1. The molecular weight excluding hydrogens is 254 g/mol. The van der Waals surface area contributed by atoms with Gasteiger partial charge in [0, 0.05) is 13.1 Å². The van der Waals surface area contributed by atoms with Crippen molar-refractivity contribution in [1.29, 1.82) is 0 Å². The largest absolute Gasteiger partial charge is 0.507 e. The van der Waals surface area contributed by atoms with Crippen LogP contribution < -0.4 is 0 Å². The van der Waals surface area contributed by atoms with Gasteiger partial charge < -0.3 is 15.1 Å². The van der Waals surface area contributed by atoms with Crippen molar-refractivity contribution >= 4 is 5.91 Å². The van der Waals surface area contributed by atoms with Crippen molar-refractivity contribution in [2.45, 2.75) is 33.6 Å². The zero-order valence-corrected chi connectivity index (χ0v) is 12.4. The van der Waals surface area contributed by atoms with Gasteiger partial charge in [-0.25, -0.2) is 0 Å². The number of aromatic hydroxyl groups is 2. The molecule has 1 fully saturated rings. The molecule has 1 heterocycles. The number of hydrogen-bond acceptors (Lipinski definition) is 3. The van der Waals surface area contributed by atoms with Gasteiger partial charge in [-0.2, -0.15) is 0 Å².